The van der Waals surface area contributed by atoms with E-state index < -0.39 is 11.9 Å². The monoisotopic (exact) mass is 450 g/mol. The van der Waals surface area contributed by atoms with Crippen molar-refractivity contribution in [2.45, 2.75) is 13.8 Å². The molecule has 0 radical (unpaired) electrons. The molecule has 0 bridgehead atoms. The summed E-state index contributed by atoms with van der Waals surface area (Å²) in [5, 5.41) is 17.8. The molecule has 13 heavy (non-hydrogen) atoms. The summed E-state index contributed by atoms with van der Waals surface area (Å²) in [7, 11) is 0. The Bertz CT molecular complexity index is 76.5. The minimum Gasteiger partial charge on any atom is -0.550 e. The number of carboxylic acids is 2. The van der Waals surface area contributed by atoms with Gasteiger partial charge in [0.2, 0.25) is 0 Å². The summed E-state index contributed by atoms with van der Waals surface area (Å²) >= 11 is 0. The molecule has 0 saturated heterocycles. The van der Waals surface area contributed by atoms with Crippen molar-refractivity contribution in [1.82, 2.24) is 0 Å². The molecule has 0 aliphatic carbocycles. The molecule has 0 fully saturated rings. The van der Waals surface area contributed by atoms with Crippen molar-refractivity contribution in [3.63, 3.8) is 0 Å². The maximum atomic E-state index is 8.89. The quantitative estimate of drug-likeness (QED) is 0.360. The topological polar surface area (TPSA) is 175 Å². The number of carbonyl (C=O) groups is 2. The van der Waals surface area contributed by atoms with Crippen LogP contribution >= 0.6 is 0 Å². The van der Waals surface area contributed by atoms with E-state index in [0.717, 1.165) is 13.8 Å². The maximum Gasteiger partial charge on any atom is 3.00 e. The molecule has 0 heterocycles. The summed E-state index contributed by atoms with van der Waals surface area (Å²) < 4.78 is 0. The van der Waals surface area contributed by atoms with E-state index in [9.17, 15) is 0 Å². The van der Waals surface area contributed by atoms with Gasteiger partial charge in [0.05, 0.1) is 0 Å². The first-order valence-electron chi connectivity index (χ1n) is 1.82. The minimum atomic E-state index is -1.08. The molecule has 0 rings (SSSR count). The van der Waals surface area contributed by atoms with Crippen molar-refractivity contribution >= 4 is 11.9 Å². The van der Waals surface area contributed by atoms with E-state index in [1.807, 2.05) is 0 Å². The second-order valence-corrected chi connectivity index (χ2v) is 0.983. The van der Waals surface area contributed by atoms with Gasteiger partial charge in [-0.3, -0.25) is 0 Å². The number of hydrogen-bond acceptors (Lipinski definition) is 4. The van der Waals surface area contributed by atoms with Crippen molar-refractivity contribution in [3.8, 4) is 0 Å². The second kappa shape index (κ2) is 37.9. The molecule has 0 aromatic heterocycles. The standard InChI is InChI=1S/2C2H4O2.2La.3H2O/c2*1-2(3)4;;;;;/h2*1H3,(H,3,4);;;3*1H2/q;;2*+3;;;/p-2. The van der Waals surface area contributed by atoms with Crippen molar-refractivity contribution < 1.29 is 107 Å². The third kappa shape index (κ3) is 1130. The summed E-state index contributed by atoms with van der Waals surface area (Å²) in [6.45, 7) is 1.94. The van der Waals surface area contributed by atoms with Crippen molar-refractivity contribution in [2.75, 3.05) is 0 Å². The summed E-state index contributed by atoms with van der Waals surface area (Å²) in [4.78, 5) is 17.8. The number of hydrogen-bond donors (Lipinski definition) is 0. The molecular formula is C4H12La2O7+4. The molecule has 72 valence electrons. The van der Waals surface area contributed by atoms with Crippen molar-refractivity contribution in [3.05, 3.63) is 0 Å². The Balaban J connectivity index is -0.00000000800. The molecule has 0 atom stereocenters. The molecule has 0 aliphatic heterocycles. The van der Waals surface area contributed by atoms with Gasteiger partial charge in [0, 0.05) is 11.9 Å². The average molecular weight is 450 g/mol. The summed E-state index contributed by atoms with van der Waals surface area (Å²) in [5.41, 5.74) is 0. The Morgan fingerprint density at radius 2 is 0.769 bits per heavy atom. The van der Waals surface area contributed by atoms with Crippen LogP contribution in [0.2, 0.25) is 0 Å². The fourth-order valence-electron chi connectivity index (χ4n) is 0. The van der Waals surface area contributed by atoms with Crippen LogP contribution in [0, 0.1) is 71.2 Å². The van der Waals surface area contributed by atoms with Crippen LogP contribution in [-0.2, 0) is 9.59 Å². The van der Waals surface area contributed by atoms with Crippen molar-refractivity contribution in [2.24, 2.45) is 0 Å². The summed E-state index contributed by atoms with van der Waals surface area (Å²) in [6.07, 6.45) is 0. The molecule has 0 aromatic carbocycles. The third-order valence-electron chi connectivity index (χ3n) is 0. The predicted molar refractivity (Wildman–Crippen MR) is 32.2 cm³/mol. The SMILES string of the molecule is CC(=O)[O-].CC(=O)[O-].O.O.O.[La+3].[La+3]. The van der Waals surface area contributed by atoms with Crippen LogP contribution in [-0.4, -0.2) is 28.4 Å². The fraction of sp³-hybridized carbons (Fsp3) is 0.500. The summed E-state index contributed by atoms with van der Waals surface area (Å²) in [6, 6.07) is 0. The molecule has 0 spiro atoms. The fourth-order valence-corrected chi connectivity index (χ4v) is 0. The second-order valence-electron chi connectivity index (χ2n) is 0.983. The van der Waals surface area contributed by atoms with Gasteiger partial charge in [0.25, 0.3) is 0 Å². The molecule has 0 amide bonds. The zero-order valence-corrected chi connectivity index (χ0v) is 14.5. The van der Waals surface area contributed by atoms with Crippen LogP contribution in [0.5, 0.6) is 0 Å². The van der Waals surface area contributed by atoms with Gasteiger partial charge in [0.1, 0.15) is 0 Å². The number of carboxylic acid groups (broad SMARTS) is 2. The van der Waals surface area contributed by atoms with E-state index in [1.165, 1.54) is 0 Å². The van der Waals surface area contributed by atoms with Gasteiger partial charge in [-0.2, -0.15) is 0 Å². The summed E-state index contributed by atoms with van der Waals surface area (Å²) in [5.74, 6) is -2.17. The van der Waals surface area contributed by atoms with Gasteiger partial charge in [-0.05, 0) is 13.8 Å². The molecule has 0 aromatic rings. The number of rotatable bonds is 0. The van der Waals surface area contributed by atoms with Gasteiger partial charge < -0.3 is 36.2 Å². The Labute approximate surface area is 131 Å². The minimum absolute atomic E-state index is 0. The van der Waals surface area contributed by atoms with E-state index in [1.54, 1.807) is 0 Å². The van der Waals surface area contributed by atoms with Crippen LogP contribution in [0.1, 0.15) is 13.8 Å². The molecule has 6 N–H and O–H groups in total. The molecule has 0 aliphatic rings. The molecule has 7 nitrogen and oxygen atoms in total. The third-order valence-corrected chi connectivity index (χ3v) is 0. The van der Waals surface area contributed by atoms with E-state index in [2.05, 4.69) is 0 Å². The average Bonchev–Trinajstić information content (AvgIpc) is 1.25. The maximum absolute atomic E-state index is 8.89. The zero-order valence-electron chi connectivity index (χ0n) is 7.29. The van der Waals surface area contributed by atoms with E-state index in [4.69, 9.17) is 19.8 Å². The zero-order chi connectivity index (χ0) is 7.15. The Morgan fingerprint density at radius 3 is 0.769 bits per heavy atom. The molecule has 9 heteroatoms. The van der Waals surface area contributed by atoms with E-state index in [-0.39, 0.29) is 87.6 Å². The number of aliphatic carboxylic acids is 2. The predicted octanol–water partition coefficient (Wildman–Crippen LogP) is -4.96. The van der Waals surface area contributed by atoms with Crippen LogP contribution in [0.25, 0.3) is 0 Å². The van der Waals surface area contributed by atoms with Gasteiger partial charge in [-0.15, -0.1) is 0 Å². The Hall–Kier alpha value is 1.21. The van der Waals surface area contributed by atoms with Gasteiger partial charge >= 0.3 is 71.2 Å². The van der Waals surface area contributed by atoms with Crippen LogP contribution in [0.3, 0.4) is 0 Å². The molecule has 0 unspecified atom stereocenters. The van der Waals surface area contributed by atoms with Gasteiger partial charge in [-0.1, -0.05) is 0 Å². The van der Waals surface area contributed by atoms with Gasteiger partial charge in [0.15, 0.2) is 0 Å². The van der Waals surface area contributed by atoms with Crippen LogP contribution in [0.15, 0.2) is 0 Å². The molecule has 0 saturated carbocycles. The first-order chi connectivity index (χ1) is 3.46. The Kier molecular flexibility index (Phi) is 139. The number of carbonyl (C=O) groups excluding carboxylic acids is 2. The smallest absolute Gasteiger partial charge is 0.550 e. The van der Waals surface area contributed by atoms with Crippen LogP contribution < -0.4 is 10.2 Å². The largest absolute Gasteiger partial charge is 3.00 e. The van der Waals surface area contributed by atoms with Crippen LogP contribution in [0.4, 0.5) is 0 Å². The normalized spacial score (nSPS) is 3.85. The van der Waals surface area contributed by atoms with E-state index in [0.29, 0.717) is 0 Å². The first kappa shape index (κ1) is 47.7. The first-order valence-corrected chi connectivity index (χ1v) is 1.82. The van der Waals surface area contributed by atoms with E-state index >= 15 is 0 Å². The molecular weight excluding hydrogens is 438 g/mol. The Morgan fingerprint density at radius 1 is 0.769 bits per heavy atom. The van der Waals surface area contributed by atoms with Gasteiger partial charge in [-0.25, -0.2) is 0 Å². The van der Waals surface area contributed by atoms with Crippen molar-refractivity contribution in [1.29, 1.82) is 0 Å².